The molecule has 1 aliphatic rings. The van der Waals surface area contributed by atoms with E-state index in [1.165, 1.54) is 4.68 Å². The maximum atomic E-state index is 13.3. The summed E-state index contributed by atoms with van der Waals surface area (Å²) in [7, 11) is 0. The summed E-state index contributed by atoms with van der Waals surface area (Å²) in [5.74, 6) is 0.841. The van der Waals surface area contributed by atoms with Crippen molar-refractivity contribution in [1.29, 1.82) is 0 Å². The summed E-state index contributed by atoms with van der Waals surface area (Å²) >= 11 is 0. The summed E-state index contributed by atoms with van der Waals surface area (Å²) in [6.45, 7) is 2.11. The van der Waals surface area contributed by atoms with Crippen LogP contribution in [-0.2, 0) is 9.53 Å². The SMILES string of the molecule is O=C(COc1ccccc1C=Nn1c(-c2ccccc2)nc2ccccc2c1=O)N1CCOCC1. The van der Waals surface area contributed by atoms with Gasteiger partial charge in [-0.15, -0.1) is 0 Å². The molecule has 5 rings (SSSR count). The zero-order valence-corrected chi connectivity index (χ0v) is 19.0. The fourth-order valence-corrected chi connectivity index (χ4v) is 3.89. The molecule has 176 valence electrons. The minimum atomic E-state index is -0.272. The van der Waals surface area contributed by atoms with E-state index in [9.17, 15) is 9.59 Å². The van der Waals surface area contributed by atoms with Gasteiger partial charge in [-0.1, -0.05) is 54.6 Å². The van der Waals surface area contributed by atoms with Gasteiger partial charge in [0.1, 0.15) is 5.75 Å². The second kappa shape index (κ2) is 10.3. The first-order chi connectivity index (χ1) is 17.2. The minimum Gasteiger partial charge on any atom is -0.483 e. The molecule has 0 aliphatic carbocycles. The van der Waals surface area contributed by atoms with E-state index in [4.69, 9.17) is 14.5 Å². The lowest BCUT2D eigenvalue weighted by atomic mass is 10.2. The Morgan fingerprint density at radius 2 is 1.69 bits per heavy atom. The molecule has 0 atom stereocenters. The molecule has 1 amide bonds. The van der Waals surface area contributed by atoms with E-state index in [-0.39, 0.29) is 18.1 Å². The number of hydrogen-bond acceptors (Lipinski definition) is 6. The first-order valence-electron chi connectivity index (χ1n) is 11.4. The van der Waals surface area contributed by atoms with Crippen molar-refractivity contribution in [3.63, 3.8) is 0 Å². The molecule has 4 aromatic rings. The van der Waals surface area contributed by atoms with Crippen LogP contribution in [0.1, 0.15) is 5.56 Å². The summed E-state index contributed by atoms with van der Waals surface area (Å²) in [5, 5.41) is 4.98. The third kappa shape index (κ3) is 4.97. The van der Waals surface area contributed by atoms with Gasteiger partial charge in [-0.05, 0) is 24.3 Å². The minimum absolute atomic E-state index is 0.0857. The molecule has 2 heterocycles. The van der Waals surface area contributed by atoms with Crippen LogP contribution in [-0.4, -0.2) is 59.6 Å². The predicted octanol–water partition coefficient (Wildman–Crippen LogP) is 3.18. The van der Waals surface area contributed by atoms with Crippen LogP contribution in [0.4, 0.5) is 0 Å². The number of hydrogen-bond donors (Lipinski definition) is 0. The van der Waals surface area contributed by atoms with Gasteiger partial charge in [-0.2, -0.15) is 9.78 Å². The number of carbonyl (C=O) groups excluding carboxylic acids is 1. The highest BCUT2D eigenvalue weighted by Gasteiger charge is 2.18. The molecule has 35 heavy (non-hydrogen) atoms. The van der Waals surface area contributed by atoms with E-state index in [1.807, 2.05) is 60.7 Å². The molecule has 0 N–H and O–H groups in total. The fraction of sp³-hybridized carbons (Fsp3) is 0.185. The van der Waals surface area contributed by atoms with E-state index >= 15 is 0 Å². The van der Waals surface area contributed by atoms with E-state index in [1.54, 1.807) is 29.3 Å². The third-order valence-corrected chi connectivity index (χ3v) is 5.73. The van der Waals surface area contributed by atoms with Gasteiger partial charge in [0.15, 0.2) is 12.4 Å². The predicted molar refractivity (Wildman–Crippen MR) is 134 cm³/mol. The number of benzene rings is 3. The molecule has 3 aromatic carbocycles. The Kier molecular flexibility index (Phi) is 6.63. The summed E-state index contributed by atoms with van der Waals surface area (Å²) in [6, 6.07) is 23.9. The second-order valence-corrected chi connectivity index (χ2v) is 8.00. The number of carbonyl (C=O) groups is 1. The van der Waals surface area contributed by atoms with Gasteiger partial charge in [-0.25, -0.2) is 4.98 Å². The van der Waals surface area contributed by atoms with Crippen molar-refractivity contribution < 1.29 is 14.3 Å². The van der Waals surface area contributed by atoms with Crippen LogP contribution in [0.25, 0.3) is 22.3 Å². The Bertz CT molecular complexity index is 1430. The van der Waals surface area contributed by atoms with Crippen molar-refractivity contribution in [2.45, 2.75) is 0 Å². The lowest BCUT2D eigenvalue weighted by molar-refractivity contribution is -0.137. The Morgan fingerprint density at radius 1 is 0.971 bits per heavy atom. The standard InChI is InChI=1S/C27H24N4O4/c32-25(30-14-16-34-17-15-30)19-35-24-13-7-4-10-21(24)18-28-31-26(20-8-2-1-3-9-20)29-23-12-6-5-11-22(23)27(31)33/h1-13,18H,14-17,19H2. The molecule has 0 unspecified atom stereocenters. The van der Waals surface area contributed by atoms with E-state index in [0.29, 0.717) is 54.3 Å². The first-order valence-corrected chi connectivity index (χ1v) is 11.4. The van der Waals surface area contributed by atoms with Gasteiger partial charge in [0.25, 0.3) is 11.5 Å². The average molecular weight is 469 g/mol. The normalized spacial score (nSPS) is 13.9. The van der Waals surface area contributed by atoms with Crippen LogP contribution in [0, 0.1) is 0 Å². The van der Waals surface area contributed by atoms with Crippen LogP contribution in [0.3, 0.4) is 0 Å². The summed E-state index contributed by atoms with van der Waals surface area (Å²) < 4.78 is 12.4. The van der Waals surface area contributed by atoms with E-state index in [0.717, 1.165) is 5.56 Å². The first kappa shape index (κ1) is 22.5. The number of aromatic nitrogens is 2. The molecule has 0 saturated carbocycles. The van der Waals surface area contributed by atoms with Crippen LogP contribution in [0.15, 0.2) is 88.8 Å². The number of morpholine rings is 1. The topological polar surface area (TPSA) is 86.0 Å². The summed E-state index contributed by atoms with van der Waals surface area (Å²) in [6.07, 6.45) is 1.55. The molecule has 8 heteroatoms. The maximum absolute atomic E-state index is 13.3. The highest BCUT2D eigenvalue weighted by molar-refractivity contribution is 5.85. The Morgan fingerprint density at radius 3 is 2.51 bits per heavy atom. The molecule has 0 radical (unpaired) electrons. The van der Waals surface area contributed by atoms with Crippen molar-refractivity contribution in [1.82, 2.24) is 14.6 Å². The molecule has 1 aliphatic heterocycles. The van der Waals surface area contributed by atoms with Crippen molar-refractivity contribution in [3.05, 3.63) is 94.8 Å². The van der Waals surface area contributed by atoms with Crippen molar-refractivity contribution in [3.8, 4) is 17.1 Å². The largest absolute Gasteiger partial charge is 0.483 e. The zero-order valence-electron chi connectivity index (χ0n) is 19.0. The van der Waals surface area contributed by atoms with Crippen LogP contribution >= 0.6 is 0 Å². The number of ether oxygens (including phenoxy) is 2. The highest BCUT2D eigenvalue weighted by Crippen LogP contribution is 2.20. The van der Waals surface area contributed by atoms with Crippen molar-refractivity contribution >= 4 is 23.0 Å². The summed E-state index contributed by atoms with van der Waals surface area (Å²) in [4.78, 5) is 32.3. The number of amides is 1. The Balaban J connectivity index is 1.47. The van der Waals surface area contributed by atoms with Crippen LogP contribution < -0.4 is 10.3 Å². The number of para-hydroxylation sites is 2. The van der Waals surface area contributed by atoms with Gasteiger partial charge in [0, 0.05) is 24.2 Å². The van der Waals surface area contributed by atoms with E-state index < -0.39 is 0 Å². The Labute approximate surface area is 202 Å². The maximum Gasteiger partial charge on any atom is 0.282 e. The lowest BCUT2D eigenvalue weighted by Gasteiger charge is -2.26. The Hall–Kier alpha value is -4.30. The number of rotatable bonds is 6. The zero-order chi connectivity index (χ0) is 24.0. The lowest BCUT2D eigenvalue weighted by Crippen LogP contribution is -2.43. The van der Waals surface area contributed by atoms with E-state index in [2.05, 4.69) is 5.10 Å². The van der Waals surface area contributed by atoms with Gasteiger partial charge in [0.2, 0.25) is 0 Å². The monoisotopic (exact) mass is 468 g/mol. The van der Waals surface area contributed by atoms with Crippen molar-refractivity contribution in [2.75, 3.05) is 32.9 Å². The van der Waals surface area contributed by atoms with Gasteiger partial charge in [-0.3, -0.25) is 9.59 Å². The molecule has 0 bridgehead atoms. The molecule has 1 aromatic heterocycles. The highest BCUT2D eigenvalue weighted by atomic mass is 16.5. The molecular formula is C27H24N4O4. The number of fused-ring (bicyclic) bond motifs is 1. The fourth-order valence-electron chi connectivity index (χ4n) is 3.89. The molecule has 0 spiro atoms. The summed E-state index contributed by atoms with van der Waals surface area (Å²) in [5.41, 5.74) is 1.74. The van der Waals surface area contributed by atoms with Crippen LogP contribution in [0.2, 0.25) is 0 Å². The van der Waals surface area contributed by atoms with Crippen molar-refractivity contribution in [2.24, 2.45) is 5.10 Å². The van der Waals surface area contributed by atoms with Gasteiger partial charge < -0.3 is 14.4 Å². The number of nitrogens with zero attached hydrogens (tertiary/aromatic N) is 4. The molecule has 1 fully saturated rings. The molecule has 8 nitrogen and oxygen atoms in total. The van der Waals surface area contributed by atoms with Gasteiger partial charge in [0.05, 0.1) is 30.3 Å². The third-order valence-electron chi connectivity index (χ3n) is 5.73. The average Bonchev–Trinajstić information content (AvgIpc) is 2.92. The quantitative estimate of drug-likeness (QED) is 0.406. The molecule has 1 saturated heterocycles. The molecular weight excluding hydrogens is 444 g/mol. The van der Waals surface area contributed by atoms with Gasteiger partial charge >= 0.3 is 0 Å². The second-order valence-electron chi connectivity index (χ2n) is 8.00. The van der Waals surface area contributed by atoms with Crippen LogP contribution in [0.5, 0.6) is 5.75 Å². The smallest absolute Gasteiger partial charge is 0.282 e.